The van der Waals surface area contributed by atoms with Crippen LogP contribution in [0.2, 0.25) is 0 Å². The molecule has 0 spiro atoms. The van der Waals surface area contributed by atoms with E-state index in [2.05, 4.69) is 184 Å². The molecular formula is C55H45NO. The molecule has 0 amide bonds. The van der Waals surface area contributed by atoms with Gasteiger partial charge in [-0.1, -0.05) is 184 Å². The van der Waals surface area contributed by atoms with Gasteiger partial charge in [0.25, 0.3) is 0 Å². The summed E-state index contributed by atoms with van der Waals surface area (Å²) in [6.45, 7) is 4.52. The maximum Gasteiger partial charge on any atom is 0.135 e. The highest BCUT2D eigenvalue weighted by atomic mass is 16.3. The van der Waals surface area contributed by atoms with Gasteiger partial charge < -0.3 is 10.2 Å². The van der Waals surface area contributed by atoms with Gasteiger partial charge in [0.1, 0.15) is 11.2 Å². The van der Waals surface area contributed by atoms with E-state index in [1.54, 1.807) is 0 Å². The van der Waals surface area contributed by atoms with Gasteiger partial charge in [0.2, 0.25) is 0 Å². The number of allylic oxidation sites excluding steroid dienone is 1. The van der Waals surface area contributed by atoms with Crippen LogP contribution < -0.4 is 5.73 Å². The predicted molar refractivity (Wildman–Crippen MR) is 242 cm³/mol. The van der Waals surface area contributed by atoms with Crippen LogP contribution in [0.5, 0.6) is 0 Å². The van der Waals surface area contributed by atoms with Gasteiger partial charge in [0, 0.05) is 21.9 Å². The van der Waals surface area contributed by atoms with Crippen LogP contribution in [-0.2, 0) is 11.8 Å². The molecule has 0 unspecified atom stereocenters. The highest BCUT2D eigenvalue weighted by molar-refractivity contribution is 6.06. The molecule has 2 nitrogen and oxygen atoms in total. The highest BCUT2D eigenvalue weighted by Gasteiger charge is 2.34. The first-order valence-corrected chi connectivity index (χ1v) is 19.9. The zero-order chi connectivity index (χ0) is 38.8. The third-order valence-corrected chi connectivity index (χ3v) is 11.5. The van der Waals surface area contributed by atoms with Gasteiger partial charge >= 0.3 is 0 Å². The largest absolute Gasteiger partial charge is 0.456 e. The second kappa shape index (κ2) is 15.3. The maximum atomic E-state index is 6.02. The molecule has 0 fully saturated rings. The molecule has 0 aliphatic heterocycles. The van der Waals surface area contributed by atoms with E-state index in [0.29, 0.717) is 0 Å². The minimum absolute atomic E-state index is 0.0707. The summed E-state index contributed by atoms with van der Waals surface area (Å²) in [5.74, 6) is 0. The van der Waals surface area contributed by atoms with Crippen molar-refractivity contribution in [3.8, 4) is 44.5 Å². The highest BCUT2D eigenvalue weighted by Crippen LogP contribution is 2.49. The lowest BCUT2D eigenvalue weighted by molar-refractivity contribution is 0.660. The van der Waals surface area contributed by atoms with Crippen molar-refractivity contribution in [3.63, 3.8) is 0 Å². The third-order valence-electron chi connectivity index (χ3n) is 11.5. The van der Waals surface area contributed by atoms with E-state index in [0.717, 1.165) is 29.7 Å². The standard InChI is InChI=1S/C28H20O.C15H15N.C12H10/c1-2-8-19(9-3-1)21-15-16-22(24-11-5-4-10-23(21)24)20-14-17-28-26(18-20)25-12-6-7-13-27(25)29-28;1-15(2)13-6-4-3-5-11(13)12-8-7-10(16)9-14(12)15;1-3-7-11(8-4-1)12-9-5-2-6-10-12/h1-3,5-9,11-18H,4,10H2;3-9H,16H2,1-2H3;1-10H. The fraction of sp³-hybridized carbons (Fsp3) is 0.0909. The summed E-state index contributed by atoms with van der Waals surface area (Å²) in [5, 5.41) is 2.36. The van der Waals surface area contributed by atoms with E-state index < -0.39 is 0 Å². The number of benzene rings is 8. The molecule has 0 atom stereocenters. The SMILES string of the molecule is C1=Cc2c(-c3ccc4oc5ccccc5c4c3)ccc(-c3ccccc3)c2CC1.CC1(C)c2ccccc2-c2ccc(N)cc21.c1ccc(-c2ccccc2)cc1. The summed E-state index contributed by atoms with van der Waals surface area (Å²) < 4.78 is 6.02. The lowest BCUT2D eigenvalue weighted by Gasteiger charge is -2.21. The Hall–Kier alpha value is -6.90. The number of nitrogen functional groups attached to an aromatic ring is 1. The molecule has 276 valence electrons. The first-order valence-electron chi connectivity index (χ1n) is 19.9. The Kier molecular flexibility index (Phi) is 9.62. The number of rotatable bonds is 3. The summed E-state index contributed by atoms with van der Waals surface area (Å²) in [4.78, 5) is 0. The van der Waals surface area contributed by atoms with Crippen molar-refractivity contribution < 1.29 is 4.42 Å². The second-order valence-corrected chi connectivity index (χ2v) is 15.4. The van der Waals surface area contributed by atoms with Crippen molar-refractivity contribution in [1.82, 2.24) is 0 Å². The van der Waals surface area contributed by atoms with Crippen molar-refractivity contribution in [2.45, 2.75) is 32.1 Å². The normalized spacial score (nSPS) is 13.1. The molecule has 0 saturated heterocycles. The van der Waals surface area contributed by atoms with Crippen LogP contribution in [0, 0.1) is 0 Å². The van der Waals surface area contributed by atoms with Crippen molar-refractivity contribution >= 4 is 33.7 Å². The molecule has 1 aromatic heterocycles. The van der Waals surface area contributed by atoms with Gasteiger partial charge in [-0.3, -0.25) is 0 Å². The monoisotopic (exact) mass is 735 g/mol. The first-order chi connectivity index (χ1) is 28.0. The predicted octanol–water partition coefficient (Wildman–Crippen LogP) is 14.8. The molecule has 11 rings (SSSR count). The summed E-state index contributed by atoms with van der Waals surface area (Å²) in [7, 11) is 0. The number of nitrogens with two attached hydrogens (primary N) is 1. The van der Waals surface area contributed by atoms with Crippen LogP contribution in [0.15, 0.2) is 199 Å². The Balaban J connectivity index is 0.000000126. The van der Waals surface area contributed by atoms with Crippen molar-refractivity contribution in [3.05, 3.63) is 216 Å². The van der Waals surface area contributed by atoms with E-state index in [-0.39, 0.29) is 5.41 Å². The molecule has 0 radical (unpaired) electrons. The topological polar surface area (TPSA) is 39.2 Å². The molecule has 2 heteroatoms. The number of para-hydroxylation sites is 1. The average Bonchev–Trinajstić information content (AvgIpc) is 3.75. The molecule has 2 aliphatic carbocycles. The molecule has 57 heavy (non-hydrogen) atoms. The van der Waals surface area contributed by atoms with E-state index in [1.165, 1.54) is 77.5 Å². The summed E-state index contributed by atoms with van der Waals surface area (Å²) in [5.41, 5.74) is 24.6. The molecule has 0 bridgehead atoms. The van der Waals surface area contributed by atoms with Gasteiger partial charge in [-0.15, -0.1) is 0 Å². The van der Waals surface area contributed by atoms with Crippen LogP contribution in [0.3, 0.4) is 0 Å². The Bertz CT molecular complexity index is 2830. The van der Waals surface area contributed by atoms with E-state index in [9.17, 15) is 0 Å². The fourth-order valence-corrected chi connectivity index (χ4v) is 8.57. The zero-order valence-corrected chi connectivity index (χ0v) is 32.5. The lowest BCUT2D eigenvalue weighted by Crippen LogP contribution is -2.15. The number of fused-ring (bicyclic) bond motifs is 7. The van der Waals surface area contributed by atoms with Crippen LogP contribution >= 0.6 is 0 Å². The lowest BCUT2D eigenvalue weighted by atomic mass is 9.82. The molecule has 8 aromatic carbocycles. The van der Waals surface area contributed by atoms with Gasteiger partial charge in [-0.2, -0.15) is 0 Å². The van der Waals surface area contributed by atoms with Crippen LogP contribution in [0.1, 0.15) is 42.5 Å². The number of furan rings is 1. The molecule has 0 saturated carbocycles. The van der Waals surface area contributed by atoms with Gasteiger partial charge in [-0.05, 0) is 110 Å². The van der Waals surface area contributed by atoms with Crippen LogP contribution in [0.25, 0.3) is 72.5 Å². The number of hydrogen-bond donors (Lipinski definition) is 1. The molecule has 2 aliphatic rings. The van der Waals surface area contributed by atoms with Crippen molar-refractivity contribution in [1.29, 1.82) is 0 Å². The maximum absolute atomic E-state index is 6.02. The van der Waals surface area contributed by atoms with Gasteiger partial charge in [0.05, 0.1) is 0 Å². The molecule has 2 N–H and O–H groups in total. The smallest absolute Gasteiger partial charge is 0.135 e. The van der Waals surface area contributed by atoms with Crippen LogP contribution in [0.4, 0.5) is 5.69 Å². The molecular weight excluding hydrogens is 691 g/mol. The Labute approximate surface area is 335 Å². The molecule has 9 aromatic rings. The van der Waals surface area contributed by atoms with Gasteiger partial charge in [-0.25, -0.2) is 0 Å². The van der Waals surface area contributed by atoms with Crippen LogP contribution in [-0.4, -0.2) is 0 Å². The summed E-state index contributed by atoms with van der Waals surface area (Å²) >= 11 is 0. The van der Waals surface area contributed by atoms with Gasteiger partial charge in [0.15, 0.2) is 0 Å². The molecule has 1 heterocycles. The summed E-state index contributed by atoms with van der Waals surface area (Å²) in [6.07, 6.45) is 6.78. The minimum atomic E-state index is 0.0707. The zero-order valence-electron chi connectivity index (χ0n) is 32.5. The Morgan fingerprint density at radius 3 is 1.77 bits per heavy atom. The quantitative estimate of drug-likeness (QED) is 0.184. The number of hydrogen-bond acceptors (Lipinski definition) is 2. The minimum Gasteiger partial charge on any atom is -0.456 e. The second-order valence-electron chi connectivity index (χ2n) is 15.4. The Morgan fingerprint density at radius 1 is 0.456 bits per heavy atom. The van der Waals surface area contributed by atoms with Crippen molar-refractivity contribution in [2.24, 2.45) is 0 Å². The van der Waals surface area contributed by atoms with Crippen molar-refractivity contribution in [2.75, 3.05) is 5.73 Å². The average molecular weight is 736 g/mol. The van der Waals surface area contributed by atoms with E-state index >= 15 is 0 Å². The van der Waals surface area contributed by atoms with E-state index in [4.69, 9.17) is 10.2 Å². The Morgan fingerprint density at radius 2 is 1.04 bits per heavy atom. The third kappa shape index (κ3) is 6.96. The summed E-state index contributed by atoms with van der Waals surface area (Å²) in [6, 6.07) is 65.8. The first kappa shape index (κ1) is 35.8. The fourth-order valence-electron chi connectivity index (χ4n) is 8.57. The number of anilines is 1. The van der Waals surface area contributed by atoms with E-state index in [1.807, 2.05) is 30.3 Å².